The highest BCUT2D eigenvalue weighted by atomic mass is 35.5. The Morgan fingerprint density at radius 2 is 1.81 bits per heavy atom. The van der Waals surface area contributed by atoms with E-state index in [-0.39, 0.29) is 12.4 Å². The van der Waals surface area contributed by atoms with Crippen LogP contribution >= 0.6 is 12.4 Å². The number of benzene rings is 1. The molecule has 1 N–H and O–H groups in total. The van der Waals surface area contributed by atoms with Crippen LogP contribution in [0.1, 0.15) is 24.4 Å². The fraction of sp³-hybridized carbons (Fsp3) is 0.538. The molecule has 0 aromatic heterocycles. The molecule has 3 heteroatoms. The predicted molar refractivity (Wildman–Crippen MR) is 71.2 cm³/mol. The van der Waals surface area contributed by atoms with Gasteiger partial charge in [-0.2, -0.15) is 0 Å². The molecule has 2 rings (SSSR count). The summed E-state index contributed by atoms with van der Waals surface area (Å²) in [5.74, 6) is 0. The van der Waals surface area contributed by atoms with Crippen LogP contribution < -0.4 is 5.32 Å². The van der Waals surface area contributed by atoms with E-state index in [0.717, 1.165) is 6.54 Å². The van der Waals surface area contributed by atoms with Crippen LogP contribution in [0.15, 0.2) is 30.3 Å². The van der Waals surface area contributed by atoms with E-state index in [1.54, 1.807) is 0 Å². The minimum Gasteiger partial charge on any atom is -0.312 e. The highest BCUT2D eigenvalue weighted by molar-refractivity contribution is 5.85. The first-order chi connectivity index (χ1) is 7.40. The van der Waals surface area contributed by atoms with Gasteiger partial charge in [-0.3, -0.25) is 0 Å². The Labute approximate surface area is 104 Å². The van der Waals surface area contributed by atoms with E-state index in [0.29, 0.717) is 6.04 Å². The van der Waals surface area contributed by atoms with Crippen molar-refractivity contribution in [1.29, 1.82) is 0 Å². The third-order valence-corrected chi connectivity index (χ3v) is 3.19. The number of hydrogen-bond donors (Lipinski definition) is 1. The van der Waals surface area contributed by atoms with Crippen molar-refractivity contribution in [3.63, 3.8) is 0 Å². The largest absolute Gasteiger partial charge is 0.312 e. The summed E-state index contributed by atoms with van der Waals surface area (Å²) >= 11 is 0. The Bertz CT molecular complexity index is 283. The van der Waals surface area contributed by atoms with Crippen LogP contribution in [0, 0.1) is 0 Å². The summed E-state index contributed by atoms with van der Waals surface area (Å²) in [5.41, 5.74) is 1.40. The molecule has 1 atom stereocenters. The molecule has 1 fully saturated rings. The number of nitrogens with zero attached hydrogens (tertiary/aromatic N) is 1. The summed E-state index contributed by atoms with van der Waals surface area (Å²) in [4.78, 5) is 2.55. The smallest absolute Gasteiger partial charge is 0.0446 e. The SMILES string of the molecule is CN[C@H](CN1CCCC1)c1ccccc1.Cl. The van der Waals surface area contributed by atoms with E-state index >= 15 is 0 Å². The van der Waals surface area contributed by atoms with E-state index < -0.39 is 0 Å². The molecule has 0 saturated carbocycles. The van der Waals surface area contributed by atoms with Crippen LogP contribution in [-0.2, 0) is 0 Å². The van der Waals surface area contributed by atoms with Crippen molar-refractivity contribution in [2.75, 3.05) is 26.7 Å². The second kappa shape index (κ2) is 6.89. The zero-order chi connectivity index (χ0) is 10.5. The number of likely N-dealkylation sites (tertiary alicyclic amines) is 1. The van der Waals surface area contributed by atoms with Crippen LogP contribution in [0.3, 0.4) is 0 Å². The number of likely N-dealkylation sites (N-methyl/N-ethyl adjacent to an activating group) is 1. The lowest BCUT2D eigenvalue weighted by Crippen LogP contribution is -2.31. The highest BCUT2D eigenvalue weighted by Gasteiger charge is 2.17. The zero-order valence-corrected chi connectivity index (χ0v) is 10.7. The fourth-order valence-corrected chi connectivity index (χ4v) is 2.27. The molecule has 0 bridgehead atoms. The summed E-state index contributed by atoms with van der Waals surface area (Å²) < 4.78 is 0. The van der Waals surface area contributed by atoms with Crippen molar-refractivity contribution < 1.29 is 0 Å². The van der Waals surface area contributed by atoms with Crippen molar-refractivity contribution in [3.05, 3.63) is 35.9 Å². The van der Waals surface area contributed by atoms with Gasteiger partial charge in [0.25, 0.3) is 0 Å². The Balaban J connectivity index is 0.00000128. The molecule has 1 saturated heterocycles. The molecule has 0 amide bonds. The highest BCUT2D eigenvalue weighted by Crippen LogP contribution is 2.16. The summed E-state index contributed by atoms with van der Waals surface area (Å²) in [7, 11) is 2.05. The fourth-order valence-electron chi connectivity index (χ4n) is 2.27. The summed E-state index contributed by atoms with van der Waals surface area (Å²) in [6.45, 7) is 3.68. The minimum absolute atomic E-state index is 0. The van der Waals surface area contributed by atoms with Gasteiger partial charge in [-0.05, 0) is 38.5 Å². The van der Waals surface area contributed by atoms with E-state index in [4.69, 9.17) is 0 Å². The van der Waals surface area contributed by atoms with Crippen molar-refractivity contribution in [1.82, 2.24) is 10.2 Å². The first-order valence-electron chi connectivity index (χ1n) is 5.84. The molecule has 1 aliphatic rings. The van der Waals surface area contributed by atoms with Crippen LogP contribution in [0.5, 0.6) is 0 Å². The van der Waals surface area contributed by atoms with E-state index in [9.17, 15) is 0 Å². The Morgan fingerprint density at radius 1 is 1.19 bits per heavy atom. The molecular formula is C13H21ClN2. The summed E-state index contributed by atoms with van der Waals surface area (Å²) in [5, 5.41) is 3.40. The van der Waals surface area contributed by atoms with E-state index in [1.165, 1.54) is 31.5 Å². The Morgan fingerprint density at radius 3 is 2.38 bits per heavy atom. The first-order valence-corrected chi connectivity index (χ1v) is 5.84. The van der Waals surface area contributed by atoms with E-state index in [1.807, 2.05) is 7.05 Å². The normalized spacial score (nSPS) is 18.1. The quantitative estimate of drug-likeness (QED) is 0.870. The molecule has 16 heavy (non-hydrogen) atoms. The van der Waals surface area contributed by atoms with Crippen LogP contribution in [0.2, 0.25) is 0 Å². The predicted octanol–water partition coefficient (Wildman–Crippen LogP) is 2.46. The molecule has 1 heterocycles. The third-order valence-electron chi connectivity index (χ3n) is 3.19. The van der Waals surface area contributed by atoms with Gasteiger partial charge in [0.1, 0.15) is 0 Å². The van der Waals surface area contributed by atoms with Gasteiger partial charge in [-0.1, -0.05) is 30.3 Å². The summed E-state index contributed by atoms with van der Waals surface area (Å²) in [6, 6.07) is 11.2. The molecule has 0 radical (unpaired) electrons. The van der Waals surface area contributed by atoms with Gasteiger partial charge in [0, 0.05) is 12.6 Å². The standard InChI is InChI=1S/C13H20N2.ClH/c1-14-13(11-15-9-5-6-10-15)12-7-3-2-4-8-12;/h2-4,7-8,13-14H,5-6,9-11H2,1H3;1H/t13-;/m1./s1. The molecule has 0 unspecified atom stereocenters. The van der Waals surface area contributed by atoms with Crippen molar-refractivity contribution in [2.24, 2.45) is 0 Å². The van der Waals surface area contributed by atoms with Crippen LogP contribution in [-0.4, -0.2) is 31.6 Å². The first kappa shape index (κ1) is 13.5. The average Bonchev–Trinajstić information content (AvgIpc) is 2.80. The lowest BCUT2D eigenvalue weighted by molar-refractivity contribution is 0.299. The Kier molecular flexibility index (Phi) is 5.81. The zero-order valence-electron chi connectivity index (χ0n) is 9.86. The number of rotatable bonds is 4. The molecule has 1 aliphatic heterocycles. The minimum atomic E-state index is 0. The maximum atomic E-state index is 3.40. The van der Waals surface area contributed by atoms with Crippen molar-refractivity contribution in [2.45, 2.75) is 18.9 Å². The lowest BCUT2D eigenvalue weighted by atomic mass is 10.1. The van der Waals surface area contributed by atoms with Crippen LogP contribution in [0.25, 0.3) is 0 Å². The summed E-state index contributed by atoms with van der Waals surface area (Å²) in [6.07, 6.45) is 2.73. The molecular weight excluding hydrogens is 220 g/mol. The van der Waals surface area contributed by atoms with Crippen LogP contribution in [0.4, 0.5) is 0 Å². The molecule has 0 spiro atoms. The van der Waals surface area contributed by atoms with Gasteiger partial charge < -0.3 is 10.2 Å². The topological polar surface area (TPSA) is 15.3 Å². The molecule has 90 valence electrons. The second-order valence-electron chi connectivity index (χ2n) is 4.26. The maximum Gasteiger partial charge on any atom is 0.0446 e. The number of halogens is 1. The maximum absolute atomic E-state index is 3.40. The third kappa shape index (κ3) is 3.48. The van der Waals surface area contributed by atoms with Gasteiger partial charge in [-0.25, -0.2) is 0 Å². The lowest BCUT2D eigenvalue weighted by Gasteiger charge is -2.23. The molecule has 0 aliphatic carbocycles. The number of nitrogens with one attached hydrogen (secondary N) is 1. The van der Waals surface area contributed by atoms with Crippen molar-refractivity contribution in [3.8, 4) is 0 Å². The van der Waals surface area contributed by atoms with Crippen molar-refractivity contribution >= 4 is 12.4 Å². The monoisotopic (exact) mass is 240 g/mol. The average molecular weight is 241 g/mol. The molecule has 1 aromatic carbocycles. The van der Waals surface area contributed by atoms with E-state index in [2.05, 4.69) is 40.5 Å². The number of hydrogen-bond acceptors (Lipinski definition) is 2. The van der Waals surface area contributed by atoms with Gasteiger partial charge in [0.15, 0.2) is 0 Å². The van der Waals surface area contributed by atoms with Gasteiger partial charge in [-0.15, -0.1) is 12.4 Å². The molecule has 2 nitrogen and oxygen atoms in total. The van der Waals surface area contributed by atoms with Gasteiger partial charge in [0.05, 0.1) is 0 Å². The second-order valence-corrected chi connectivity index (χ2v) is 4.26. The Hall–Kier alpha value is -0.570. The molecule has 1 aromatic rings. The van der Waals surface area contributed by atoms with Gasteiger partial charge in [0.2, 0.25) is 0 Å². The van der Waals surface area contributed by atoms with Gasteiger partial charge >= 0.3 is 0 Å².